The van der Waals surface area contributed by atoms with Crippen molar-refractivity contribution in [1.82, 2.24) is 9.62 Å². The molecular weight excluding hydrogens is 291 g/mol. The summed E-state index contributed by atoms with van der Waals surface area (Å²) in [5.74, 6) is -0.408. The predicted octanol–water partition coefficient (Wildman–Crippen LogP) is 2.29. The second kappa shape index (κ2) is 6.85. The van der Waals surface area contributed by atoms with Gasteiger partial charge < -0.3 is 5.32 Å². The van der Waals surface area contributed by atoms with E-state index in [1.807, 2.05) is 0 Å². The van der Waals surface area contributed by atoms with Crippen LogP contribution in [0.2, 0.25) is 0 Å². The lowest BCUT2D eigenvalue weighted by Gasteiger charge is -2.32. The van der Waals surface area contributed by atoms with E-state index in [0.717, 1.165) is 25.8 Å². The zero-order valence-corrected chi connectivity index (χ0v) is 13.4. The van der Waals surface area contributed by atoms with Crippen molar-refractivity contribution in [2.24, 2.45) is 0 Å². The van der Waals surface area contributed by atoms with Crippen LogP contribution in [0.25, 0.3) is 0 Å². The Kier molecular flexibility index (Phi) is 5.35. The molecule has 0 amide bonds. The molecule has 1 heterocycles. The van der Waals surface area contributed by atoms with Gasteiger partial charge in [-0.3, -0.25) is 0 Å². The molecule has 0 bridgehead atoms. The van der Waals surface area contributed by atoms with Crippen LogP contribution in [0.15, 0.2) is 23.1 Å². The number of nitrogens with zero attached hydrogens (tertiary/aromatic N) is 1. The van der Waals surface area contributed by atoms with Gasteiger partial charge >= 0.3 is 0 Å². The van der Waals surface area contributed by atoms with Crippen LogP contribution in [0.5, 0.6) is 0 Å². The summed E-state index contributed by atoms with van der Waals surface area (Å²) >= 11 is 0. The molecule has 0 unspecified atom stereocenters. The second-order valence-corrected chi connectivity index (χ2v) is 7.45. The number of piperidine rings is 1. The SMILES string of the molecule is CCCNC1CCN(S(=O)(=O)c2ccc(F)cc2C)CC1. The van der Waals surface area contributed by atoms with E-state index in [4.69, 9.17) is 0 Å². The van der Waals surface area contributed by atoms with Crippen molar-refractivity contribution < 1.29 is 12.8 Å². The molecule has 21 heavy (non-hydrogen) atoms. The van der Waals surface area contributed by atoms with Gasteiger partial charge in [0.1, 0.15) is 5.82 Å². The fourth-order valence-corrected chi connectivity index (χ4v) is 4.37. The van der Waals surface area contributed by atoms with E-state index in [9.17, 15) is 12.8 Å². The van der Waals surface area contributed by atoms with Crippen LogP contribution in [0.3, 0.4) is 0 Å². The Morgan fingerprint density at radius 1 is 1.33 bits per heavy atom. The van der Waals surface area contributed by atoms with Gasteiger partial charge in [0.05, 0.1) is 4.90 Å². The molecule has 118 valence electrons. The maximum atomic E-state index is 13.1. The van der Waals surface area contributed by atoms with Crippen LogP contribution in [0.4, 0.5) is 4.39 Å². The summed E-state index contributed by atoms with van der Waals surface area (Å²) in [6, 6.07) is 4.23. The number of hydrogen-bond donors (Lipinski definition) is 1. The Balaban J connectivity index is 2.08. The number of rotatable bonds is 5. The summed E-state index contributed by atoms with van der Waals surface area (Å²) in [4.78, 5) is 0.212. The van der Waals surface area contributed by atoms with Crippen LogP contribution >= 0.6 is 0 Å². The van der Waals surface area contributed by atoms with Gasteiger partial charge in [0.15, 0.2) is 0 Å². The summed E-state index contributed by atoms with van der Waals surface area (Å²) in [6.07, 6.45) is 2.71. The zero-order chi connectivity index (χ0) is 15.5. The summed E-state index contributed by atoms with van der Waals surface area (Å²) in [5, 5.41) is 3.43. The third kappa shape index (κ3) is 3.81. The minimum absolute atomic E-state index is 0.212. The second-order valence-electron chi connectivity index (χ2n) is 5.54. The molecule has 1 fully saturated rings. The van der Waals surface area contributed by atoms with Gasteiger partial charge in [-0.05, 0) is 56.5 Å². The third-order valence-corrected chi connectivity index (χ3v) is 5.95. The van der Waals surface area contributed by atoms with Gasteiger partial charge in [0.25, 0.3) is 0 Å². The first-order valence-electron chi connectivity index (χ1n) is 7.45. The van der Waals surface area contributed by atoms with Gasteiger partial charge in [-0.2, -0.15) is 4.31 Å². The van der Waals surface area contributed by atoms with Gasteiger partial charge in [-0.25, -0.2) is 12.8 Å². The van der Waals surface area contributed by atoms with Gasteiger partial charge in [-0.15, -0.1) is 0 Å². The zero-order valence-electron chi connectivity index (χ0n) is 12.6. The first-order chi connectivity index (χ1) is 9.95. The number of halogens is 1. The highest BCUT2D eigenvalue weighted by Gasteiger charge is 2.30. The van der Waals surface area contributed by atoms with E-state index in [1.165, 1.54) is 22.5 Å². The van der Waals surface area contributed by atoms with Crippen LogP contribution in [-0.2, 0) is 10.0 Å². The minimum Gasteiger partial charge on any atom is -0.314 e. The highest BCUT2D eigenvalue weighted by atomic mass is 32.2. The quantitative estimate of drug-likeness (QED) is 0.907. The van der Waals surface area contributed by atoms with Gasteiger partial charge in [0.2, 0.25) is 10.0 Å². The Morgan fingerprint density at radius 2 is 2.00 bits per heavy atom. The molecular formula is C15H23FN2O2S. The lowest BCUT2D eigenvalue weighted by Crippen LogP contribution is -2.45. The number of benzene rings is 1. The maximum absolute atomic E-state index is 13.1. The van der Waals surface area contributed by atoms with Gasteiger partial charge in [-0.1, -0.05) is 6.92 Å². The van der Waals surface area contributed by atoms with E-state index < -0.39 is 15.8 Å². The molecule has 1 N–H and O–H groups in total. The molecule has 1 aromatic rings. The molecule has 0 aromatic heterocycles. The average molecular weight is 314 g/mol. The van der Waals surface area contributed by atoms with E-state index >= 15 is 0 Å². The fourth-order valence-electron chi connectivity index (χ4n) is 2.69. The standard InChI is InChI=1S/C15H23FN2O2S/c1-3-8-17-14-6-9-18(10-7-14)21(19,20)15-5-4-13(16)11-12(15)2/h4-5,11,14,17H,3,6-10H2,1-2H3. The molecule has 4 nitrogen and oxygen atoms in total. The lowest BCUT2D eigenvalue weighted by atomic mass is 10.1. The largest absolute Gasteiger partial charge is 0.314 e. The van der Waals surface area contributed by atoms with Crippen molar-refractivity contribution in [3.8, 4) is 0 Å². The smallest absolute Gasteiger partial charge is 0.243 e. The van der Waals surface area contributed by atoms with E-state index in [0.29, 0.717) is 24.7 Å². The molecule has 6 heteroatoms. The van der Waals surface area contributed by atoms with Crippen LogP contribution in [0, 0.1) is 12.7 Å². The summed E-state index contributed by atoms with van der Waals surface area (Å²) in [7, 11) is -3.51. The molecule has 0 radical (unpaired) electrons. The van der Waals surface area contributed by atoms with Crippen LogP contribution < -0.4 is 5.32 Å². The molecule has 1 saturated heterocycles. The fraction of sp³-hybridized carbons (Fsp3) is 0.600. The normalized spacial score (nSPS) is 18.0. The maximum Gasteiger partial charge on any atom is 0.243 e. The first-order valence-corrected chi connectivity index (χ1v) is 8.89. The highest BCUT2D eigenvalue weighted by Crippen LogP contribution is 2.23. The molecule has 1 aliphatic heterocycles. The van der Waals surface area contributed by atoms with Crippen LogP contribution in [0.1, 0.15) is 31.7 Å². The minimum atomic E-state index is -3.51. The van der Waals surface area contributed by atoms with Crippen molar-refractivity contribution in [1.29, 1.82) is 0 Å². The molecule has 0 atom stereocenters. The predicted molar refractivity (Wildman–Crippen MR) is 81.2 cm³/mol. The average Bonchev–Trinajstić information content (AvgIpc) is 2.45. The Morgan fingerprint density at radius 3 is 2.57 bits per heavy atom. The summed E-state index contributed by atoms with van der Waals surface area (Å²) in [5.41, 5.74) is 0.459. The Labute approximate surface area is 126 Å². The molecule has 2 rings (SSSR count). The number of aryl methyl sites for hydroxylation is 1. The third-order valence-electron chi connectivity index (χ3n) is 3.89. The molecule has 1 aromatic carbocycles. The van der Waals surface area contributed by atoms with Crippen molar-refractivity contribution in [3.05, 3.63) is 29.6 Å². The van der Waals surface area contributed by atoms with Gasteiger partial charge in [0, 0.05) is 19.1 Å². The van der Waals surface area contributed by atoms with Crippen LogP contribution in [-0.4, -0.2) is 38.4 Å². The molecule has 1 aliphatic rings. The van der Waals surface area contributed by atoms with Crippen molar-refractivity contribution in [2.45, 2.75) is 44.0 Å². The lowest BCUT2D eigenvalue weighted by molar-refractivity contribution is 0.290. The Bertz CT molecular complexity index is 581. The number of sulfonamides is 1. The van der Waals surface area contributed by atoms with E-state index in [1.54, 1.807) is 6.92 Å². The number of nitrogens with one attached hydrogen (secondary N) is 1. The Hall–Kier alpha value is -0.980. The molecule has 0 aliphatic carbocycles. The summed E-state index contributed by atoms with van der Waals surface area (Å²) < 4.78 is 39.9. The van der Waals surface area contributed by atoms with Crippen molar-refractivity contribution >= 4 is 10.0 Å². The van der Waals surface area contributed by atoms with E-state index in [2.05, 4.69) is 12.2 Å². The molecule has 0 saturated carbocycles. The van der Waals surface area contributed by atoms with Crippen molar-refractivity contribution in [2.75, 3.05) is 19.6 Å². The first kappa shape index (κ1) is 16.4. The topological polar surface area (TPSA) is 49.4 Å². The van der Waals surface area contributed by atoms with E-state index in [-0.39, 0.29) is 4.90 Å². The number of hydrogen-bond acceptors (Lipinski definition) is 3. The summed E-state index contributed by atoms with van der Waals surface area (Å²) in [6.45, 7) is 5.74. The van der Waals surface area contributed by atoms with Crippen molar-refractivity contribution in [3.63, 3.8) is 0 Å². The monoisotopic (exact) mass is 314 g/mol. The molecule has 0 spiro atoms. The highest BCUT2D eigenvalue weighted by molar-refractivity contribution is 7.89.